The average molecular weight is 320 g/mol. The van der Waals surface area contributed by atoms with Crippen LogP contribution < -0.4 is 0 Å². The SMILES string of the molecule is CCCC(C)COC(CBr)c1cccc(Cl)c1. The molecule has 0 heterocycles. The summed E-state index contributed by atoms with van der Waals surface area (Å²) in [6, 6.07) is 7.88. The van der Waals surface area contributed by atoms with Crippen LogP contribution >= 0.6 is 27.5 Å². The standard InChI is InChI=1S/C14H20BrClO/c1-3-5-11(2)10-17-14(9-15)12-6-4-7-13(16)8-12/h4,6-8,11,14H,3,5,9-10H2,1-2H3. The fourth-order valence-corrected chi connectivity index (χ4v) is 2.55. The van der Waals surface area contributed by atoms with Gasteiger partial charge < -0.3 is 4.74 Å². The van der Waals surface area contributed by atoms with Crippen molar-refractivity contribution in [3.05, 3.63) is 34.9 Å². The van der Waals surface area contributed by atoms with Gasteiger partial charge in [-0.1, -0.05) is 59.9 Å². The van der Waals surface area contributed by atoms with Gasteiger partial charge in [-0.2, -0.15) is 0 Å². The number of hydrogen-bond donors (Lipinski definition) is 0. The lowest BCUT2D eigenvalue weighted by Gasteiger charge is -2.19. The van der Waals surface area contributed by atoms with Crippen molar-refractivity contribution in [1.82, 2.24) is 0 Å². The first-order chi connectivity index (χ1) is 8.17. The summed E-state index contributed by atoms with van der Waals surface area (Å²) in [6.07, 6.45) is 2.51. The van der Waals surface area contributed by atoms with Crippen molar-refractivity contribution in [3.8, 4) is 0 Å². The topological polar surface area (TPSA) is 9.23 Å². The monoisotopic (exact) mass is 318 g/mol. The molecule has 1 aromatic carbocycles. The van der Waals surface area contributed by atoms with Gasteiger partial charge in [0.15, 0.2) is 0 Å². The highest BCUT2D eigenvalue weighted by Crippen LogP contribution is 2.23. The Bertz CT molecular complexity index is 330. The second kappa shape index (κ2) is 8.12. The Morgan fingerprint density at radius 2 is 2.18 bits per heavy atom. The molecule has 2 unspecified atom stereocenters. The number of benzene rings is 1. The Labute approximate surface area is 118 Å². The Morgan fingerprint density at radius 1 is 1.41 bits per heavy atom. The zero-order valence-electron chi connectivity index (χ0n) is 10.5. The van der Waals surface area contributed by atoms with Crippen LogP contribution in [0.1, 0.15) is 38.4 Å². The number of hydrogen-bond acceptors (Lipinski definition) is 1. The van der Waals surface area contributed by atoms with Crippen LogP contribution in [0, 0.1) is 5.92 Å². The first-order valence-electron chi connectivity index (χ1n) is 6.10. The van der Waals surface area contributed by atoms with Crippen LogP contribution in [-0.4, -0.2) is 11.9 Å². The third-order valence-corrected chi connectivity index (χ3v) is 3.55. The molecule has 0 saturated heterocycles. The molecule has 0 spiro atoms. The van der Waals surface area contributed by atoms with Crippen LogP contribution in [0.2, 0.25) is 5.02 Å². The molecule has 0 N–H and O–H groups in total. The van der Waals surface area contributed by atoms with Gasteiger partial charge in [0, 0.05) is 17.0 Å². The zero-order valence-corrected chi connectivity index (χ0v) is 12.8. The van der Waals surface area contributed by atoms with Crippen LogP contribution in [0.5, 0.6) is 0 Å². The van der Waals surface area contributed by atoms with Crippen molar-refractivity contribution in [2.45, 2.75) is 32.8 Å². The number of halogens is 2. The minimum atomic E-state index is 0.0907. The highest BCUT2D eigenvalue weighted by molar-refractivity contribution is 9.09. The summed E-state index contributed by atoms with van der Waals surface area (Å²) in [5, 5.41) is 1.56. The zero-order chi connectivity index (χ0) is 12.7. The molecule has 0 aromatic heterocycles. The van der Waals surface area contributed by atoms with E-state index in [2.05, 4.69) is 35.8 Å². The smallest absolute Gasteiger partial charge is 0.0922 e. The number of rotatable bonds is 7. The molecule has 0 fully saturated rings. The van der Waals surface area contributed by atoms with E-state index in [1.54, 1.807) is 0 Å². The van der Waals surface area contributed by atoms with Crippen LogP contribution in [0.15, 0.2) is 24.3 Å². The molecule has 0 aliphatic heterocycles. The summed E-state index contributed by atoms with van der Waals surface area (Å²) in [7, 11) is 0. The summed E-state index contributed by atoms with van der Waals surface area (Å²) in [5.41, 5.74) is 1.14. The van der Waals surface area contributed by atoms with Crippen molar-refractivity contribution >= 4 is 27.5 Å². The third-order valence-electron chi connectivity index (χ3n) is 2.72. The van der Waals surface area contributed by atoms with Gasteiger partial charge in [0.25, 0.3) is 0 Å². The molecule has 0 aliphatic rings. The predicted octanol–water partition coefficient (Wildman–Crippen LogP) is 5.23. The van der Waals surface area contributed by atoms with Crippen molar-refractivity contribution < 1.29 is 4.74 Å². The second-order valence-corrected chi connectivity index (χ2v) is 5.51. The molecule has 0 amide bonds. The van der Waals surface area contributed by atoms with E-state index < -0.39 is 0 Å². The number of alkyl halides is 1. The Balaban J connectivity index is 2.54. The molecule has 0 bridgehead atoms. The minimum Gasteiger partial charge on any atom is -0.372 e. The molecular weight excluding hydrogens is 300 g/mol. The maximum absolute atomic E-state index is 5.99. The summed E-state index contributed by atoms with van der Waals surface area (Å²) in [6.45, 7) is 5.23. The van der Waals surface area contributed by atoms with Crippen LogP contribution in [0.4, 0.5) is 0 Å². The van der Waals surface area contributed by atoms with Gasteiger partial charge >= 0.3 is 0 Å². The van der Waals surface area contributed by atoms with E-state index in [1.807, 2.05) is 18.2 Å². The van der Waals surface area contributed by atoms with Gasteiger partial charge in [0.2, 0.25) is 0 Å². The van der Waals surface area contributed by atoms with Gasteiger partial charge in [0.05, 0.1) is 6.10 Å². The van der Waals surface area contributed by atoms with E-state index in [0.29, 0.717) is 5.92 Å². The molecule has 1 nitrogen and oxygen atoms in total. The van der Waals surface area contributed by atoms with Gasteiger partial charge in [-0.15, -0.1) is 0 Å². The molecule has 1 aromatic rings. The fraction of sp³-hybridized carbons (Fsp3) is 0.571. The quantitative estimate of drug-likeness (QED) is 0.625. The van der Waals surface area contributed by atoms with E-state index in [4.69, 9.17) is 16.3 Å². The maximum atomic E-state index is 5.99. The molecule has 0 aliphatic carbocycles. The predicted molar refractivity (Wildman–Crippen MR) is 78.0 cm³/mol. The summed E-state index contributed by atoms with van der Waals surface area (Å²) in [4.78, 5) is 0. The van der Waals surface area contributed by atoms with E-state index >= 15 is 0 Å². The van der Waals surface area contributed by atoms with E-state index in [-0.39, 0.29) is 6.10 Å². The van der Waals surface area contributed by atoms with E-state index in [9.17, 15) is 0 Å². The first-order valence-corrected chi connectivity index (χ1v) is 7.60. The summed E-state index contributed by atoms with van der Waals surface area (Å²) in [5.74, 6) is 0.612. The van der Waals surface area contributed by atoms with Gasteiger partial charge in [-0.05, 0) is 30.0 Å². The Hall–Kier alpha value is -0.0500. The van der Waals surface area contributed by atoms with Gasteiger partial charge in [-0.3, -0.25) is 0 Å². The van der Waals surface area contributed by atoms with Crippen molar-refractivity contribution in [2.24, 2.45) is 5.92 Å². The van der Waals surface area contributed by atoms with E-state index in [1.165, 1.54) is 12.8 Å². The molecule has 17 heavy (non-hydrogen) atoms. The average Bonchev–Trinajstić information content (AvgIpc) is 2.30. The van der Waals surface area contributed by atoms with Crippen molar-refractivity contribution in [3.63, 3.8) is 0 Å². The summed E-state index contributed by atoms with van der Waals surface area (Å²) >= 11 is 9.49. The van der Waals surface area contributed by atoms with E-state index in [0.717, 1.165) is 22.5 Å². The first kappa shape index (κ1) is 15.0. The second-order valence-electron chi connectivity index (χ2n) is 4.43. The molecule has 2 atom stereocenters. The third kappa shape index (κ3) is 5.41. The number of ether oxygens (including phenoxy) is 1. The van der Waals surface area contributed by atoms with Crippen LogP contribution in [0.3, 0.4) is 0 Å². The van der Waals surface area contributed by atoms with Crippen molar-refractivity contribution in [1.29, 1.82) is 0 Å². The molecule has 0 radical (unpaired) electrons. The molecule has 3 heteroatoms. The molecular formula is C14H20BrClO. The highest BCUT2D eigenvalue weighted by Gasteiger charge is 2.12. The Kier molecular flexibility index (Phi) is 7.17. The van der Waals surface area contributed by atoms with Crippen LogP contribution in [0.25, 0.3) is 0 Å². The lowest BCUT2D eigenvalue weighted by Crippen LogP contribution is -2.12. The van der Waals surface area contributed by atoms with Gasteiger partial charge in [0.1, 0.15) is 0 Å². The maximum Gasteiger partial charge on any atom is 0.0922 e. The largest absolute Gasteiger partial charge is 0.372 e. The minimum absolute atomic E-state index is 0.0907. The lowest BCUT2D eigenvalue weighted by molar-refractivity contribution is 0.0449. The molecule has 1 rings (SSSR count). The Morgan fingerprint density at radius 3 is 2.76 bits per heavy atom. The highest BCUT2D eigenvalue weighted by atomic mass is 79.9. The van der Waals surface area contributed by atoms with Gasteiger partial charge in [-0.25, -0.2) is 0 Å². The van der Waals surface area contributed by atoms with Crippen LogP contribution in [-0.2, 0) is 4.74 Å². The molecule has 96 valence electrons. The lowest BCUT2D eigenvalue weighted by atomic mass is 10.1. The van der Waals surface area contributed by atoms with Crippen molar-refractivity contribution in [2.75, 3.05) is 11.9 Å². The normalized spacial score (nSPS) is 14.6. The molecule has 0 saturated carbocycles. The fourth-order valence-electron chi connectivity index (χ4n) is 1.79. The summed E-state index contributed by atoms with van der Waals surface area (Å²) < 4.78 is 5.94.